The molecule has 90 valence electrons. The molecule has 0 aromatic carbocycles. The fourth-order valence-corrected chi connectivity index (χ4v) is 1.55. The van der Waals surface area contributed by atoms with E-state index in [9.17, 15) is 4.79 Å². The molecule has 0 aliphatic heterocycles. The summed E-state index contributed by atoms with van der Waals surface area (Å²) in [5.74, 6) is 0.794. The van der Waals surface area contributed by atoms with Crippen molar-refractivity contribution in [1.82, 2.24) is 5.32 Å². The SMILES string of the molecule is CCCCC(CC)CNC(=O)CCCN. The second-order valence-corrected chi connectivity index (χ2v) is 4.11. The molecular weight excluding hydrogens is 188 g/mol. The number of carbonyl (C=O) groups excluding carboxylic acids is 1. The molecule has 0 fully saturated rings. The maximum absolute atomic E-state index is 11.3. The summed E-state index contributed by atoms with van der Waals surface area (Å²) in [5, 5.41) is 2.98. The van der Waals surface area contributed by atoms with E-state index in [1.54, 1.807) is 0 Å². The molecule has 0 saturated heterocycles. The first-order chi connectivity index (χ1) is 7.24. The van der Waals surface area contributed by atoms with Crippen molar-refractivity contribution in [3.63, 3.8) is 0 Å². The second kappa shape index (κ2) is 9.97. The Balaban J connectivity index is 3.55. The topological polar surface area (TPSA) is 55.1 Å². The van der Waals surface area contributed by atoms with Crippen molar-refractivity contribution in [3.8, 4) is 0 Å². The van der Waals surface area contributed by atoms with Gasteiger partial charge in [-0.3, -0.25) is 4.79 Å². The van der Waals surface area contributed by atoms with Gasteiger partial charge in [-0.25, -0.2) is 0 Å². The van der Waals surface area contributed by atoms with E-state index in [1.807, 2.05) is 0 Å². The lowest BCUT2D eigenvalue weighted by Crippen LogP contribution is -2.29. The number of carbonyl (C=O) groups is 1. The predicted octanol–water partition coefficient (Wildman–Crippen LogP) is 2.06. The Morgan fingerprint density at radius 1 is 1.33 bits per heavy atom. The van der Waals surface area contributed by atoms with Crippen molar-refractivity contribution >= 4 is 5.91 Å². The molecule has 1 amide bonds. The van der Waals surface area contributed by atoms with Crippen LogP contribution in [0.3, 0.4) is 0 Å². The molecule has 0 aromatic heterocycles. The molecule has 0 spiro atoms. The van der Waals surface area contributed by atoms with E-state index in [1.165, 1.54) is 19.3 Å². The predicted molar refractivity (Wildman–Crippen MR) is 64.6 cm³/mol. The lowest BCUT2D eigenvalue weighted by atomic mass is 9.99. The third-order valence-electron chi connectivity index (χ3n) is 2.74. The van der Waals surface area contributed by atoms with Gasteiger partial charge in [0.1, 0.15) is 0 Å². The molecular formula is C12H26N2O. The van der Waals surface area contributed by atoms with Gasteiger partial charge in [0.2, 0.25) is 5.91 Å². The zero-order valence-electron chi connectivity index (χ0n) is 10.2. The van der Waals surface area contributed by atoms with Gasteiger partial charge >= 0.3 is 0 Å². The van der Waals surface area contributed by atoms with Crippen LogP contribution < -0.4 is 11.1 Å². The first-order valence-corrected chi connectivity index (χ1v) is 6.21. The summed E-state index contributed by atoms with van der Waals surface area (Å²) in [6.07, 6.45) is 6.23. The first kappa shape index (κ1) is 14.4. The Labute approximate surface area is 93.8 Å². The number of unbranched alkanes of at least 4 members (excludes halogenated alkanes) is 1. The Hall–Kier alpha value is -0.570. The van der Waals surface area contributed by atoms with Crippen molar-refractivity contribution in [2.45, 2.75) is 52.4 Å². The summed E-state index contributed by atoms with van der Waals surface area (Å²) < 4.78 is 0. The van der Waals surface area contributed by atoms with Crippen LogP contribution in [0.5, 0.6) is 0 Å². The zero-order chi connectivity index (χ0) is 11.5. The molecule has 15 heavy (non-hydrogen) atoms. The summed E-state index contributed by atoms with van der Waals surface area (Å²) in [4.78, 5) is 11.3. The highest BCUT2D eigenvalue weighted by Crippen LogP contribution is 2.11. The van der Waals surface area contributed by atoms with Crippen LogP contribution in [-0.4, -0.2) is 19.0 Å². The first-order valence-electron chi connectivity index (χ1n) is 6.21. The largest absolute Gasteiger partial charge is 0.356 e. The normalized spacial score (nSPS) is 12.5. The molecule has 0 aliphatic carbocycles. The highest BCUT2D eigenvalue weighted by Gasteiger charge is 2.07. The molecule has 3 heteroatoms. The maximum atomic E-state index is 11.3. The van der Waals surface area contributed by atoms with E-state index in [0.29, 0.717) is 18.9 Å². The number of hydrogen-bond acceptors (Lipinski definition) is 2. The smallest absolute Gasteiger partial charge is 0.220 e. The Kier molecular flexibility index (Phi) is 9.59. The lowest BCUT2D eigenvalue weighted by molar-refractivity contribution is -0.121. The van der Waals surface area contributed by atoms with E-state index >= 15 is 0 Å². The maximum Gasteiger partial charge on any atom is 0.220 e. The molecule has 0 radical (unpaired) electrons. The van der Waals surface area contributed by atoms with E-state index in [0.717, 1.165) is 19.4 Å². The molecule has 3 N–H and O–H groups in total. The number of amides is 1. The van der Waals surface area contributed by atoms with Crippen LogP contribution >= 0.6 is 0 Å². The highest BCUT2D eigenvalue weighted by atomic mass is 16.1. The van der Waals surface area contributed by atoms with Crippen LogP contribution in [0.15, 0.2) is 0 Å². The summed E-state index contributed by atoms with van der Waals surface area (Å²) in [7, 11) is 0. The average Bonchev–Trinajstić information content (AvgIpc) is 2.26. The van der Waals surface area contributed by atoms with Crippen molar-refractivity contribution in [1.29, 1.82) is 0 Å². The third kappa shape index (κ3) is 8.43. The summed E-state index contributed by atoms with van der Waals surface area (Å²) in [6.45, 7) is 5.82. The average molecular weight is 214 g/mol. The van der Waals surface area contributed by atoms with Gasteiger partial charge in [-0.2, -0.15) is 0 Å². The second-order valence-electron chi connectivity index (χ2n) is 4.11. The lowest BCUT2D eigenvalue weighted by Gasteiger charge is -2.15. The van der Waals surface area contributed by atoms with Gasteiger partial charge in [0.05, 0.1) is 0 Å². The van der Waals surface area contributed by atoms with E-state index in [-0.39, 0.29) is 5.91 Å². The van der Waals surface area contributed by atoms with Crippen LogP contribution in [0.2, 0.25) is 0 Å². The molecule has 0 rings (SSSR count). The van der Waals surface area contributed by atoms with Gasteiger partial charge in [-0.15, -0.1) is 0 Å². The Bertz CT molecular complexity index is 160. The van der Waals surface area contributed by atoms with Crippen molar-refractivity contribution in [2.24, 2.45) is 11.7 Å². The number of nitrogens with two attached hydrogens (primary N) is 1. The van der Waals surface area contributed by atoms with E-state index in [4.69, 9.17) is 5.73 Å². The molecule has 1 unspecified atom stereocenters. The third-order valence-corrected chi connectivity index (χ3v) is 2.74. The summed E-state index contributed by atoms with van der Waals surface area (Å²) >= 11 is 0. The summed E-state index contributed by atoms with van der Waals surface area (Å²) in [5.41, 5.74) is 5.34. The number of hydrogen-bond donors (Lipinski definition) is 2. The van der Waals surface area contributed by atoms with Crippen LogP contribution in [0.4, 0.5) is 0 Å². The monoisotopic (exact) mass is 214 g/mol. The van der Waals surface area contributed by atoms with Gasteiger partial charge in [0.15, 0.2) is 0 Å². The number of rotatable bonds is 9. The minimum absolute atomic E-state index is 0.149. The van der Waals surface area contributed by atoms with Crippen molar-refractivity contribution < 1.29 is 4.79 Å². The minimum Gasteiger partial charge on any atom is -0.356 e. The van der Waals surface area contributed by atoms with Crippen LogP contribution in [0.1, 0.15) is 52.4 Å². The number of nitrogens with one attached hydrogen (secondary N) is 1. The zero-order valence-corrected chi connectivity index (χ0v) is 10.2. The van der Waals surface area contributed by atoms with Crippen LogP contribution in [0, 0.1) is 5.92 Å². The highest BCUT2D eigenvalue weighted by molar-refractivity contribution is 5.75. The van der Waals surface area contributed by atoms with Gasteiger partial charge in [0.25, 0.3) is 0 Å². The van der Waals surface area contributed by atoms with Gasteiger partial charge in [0, 0.05) is 13.0 Å². The Morgan fingerprint density at radius 2 is 2.07 bits per heavy atom. The minimum atomic E-state index is 0.149. The summed E-state index contributed by atoms with van der Waals surface area (Å²) in [6, 6.07) is 0. The van der Waals surface area contributed by atoms with Crippen LogP contribution in [-0.2, 0) is 4.79 Å². The van der Waals surface area contributed by atoms with Crippen molar-refractivity contribution in [2.75, 3.05) is 13.1 Å². The van der Waals surface area contributed by atoms with E-state index < -0.39 is 0 Å². The van der Waals surface area contributed by atoms with Gasteiger partial charge in [-0.1, -0.05) is 33.1 Å². The van der Waals surface area contributed by atoms with Gasteiger partial charge < -0.3 is 11.1 Å². The quantitative estimate of drug-likeness (QED) is 0.617. The van der Waals surface area contributed by atoms with Crippen molar-refractivity contribution in [3.05, 3.63) is 0 Å². The Morgan fingerprint density at radius 3 is 2.60 bits per heavy atom. The molecule has 3 nitrogen and oxygen atoms in total. The fraction of sp³-hybridized carbons (Fsp3) is 0.917. The van der Waals surface area contributed by atoms with Gasteiger partial charge in [-0.05, 0) is 25.3 Å². The van der Waals surface area contributed by atoms with Crippen LogP contribution in [0.25, 0.3) is 0 Å². The fourth-order valence-electron chi connectivity index (χ4n) is 1.55. The molecule has 1 atom stereocenters. The molecule has 0 aromatic rings. The molecule has 0 heterocycles. The standard InChI is InChI=1S/C12H26N2O/c1-3-5-7-11(4-2)10-14-12(15)8-6-9-13/h11H,3-10,13H2,1-2H3,(H,14,15). The molecule has 0 saturated carbocycles. The molecule has 0 bridgehead atoms. The molecule has 0 aliphatic rings. The van der Waals surface area contributed by atoms with E-state index in [2.05, 4.69) is 19.2 Å².